The van der Waals surface area contributed by atoms with Crippen LogP contribution in [0.25, 0.3) is 0 Å². The monoisotopic (exact) mass is 460 g/mol. The molecule has 0 aliphatic carbocycles. The van der Waals surface area contributed by atoms with Crippen LogP contribution in [0.1, 0.15) is 24.8 Å². The summed E-state index contributed by atoms with van der Waals surface area (Å²) in [5, 5.41) is 12.8. The first kappa shape index (κ1) is 25.4. The first-order valence-electron chi connectivity index (χ1n) is 8.26. The summed E-state index contributed by atoms with van der Waals surface area (Å²) in [6, 6.07) is 9.92. The highest BCUT2D eigenvalue weighted by atomic mass is 32.2. The van der Waals surface area contributed by atoms with Crippen molar-refractivity contribution >= 4 is 33.5 Å². The molecule has 11 heteroatoms. The molecule has 2 N–H and O–H groups in total. The summed E-state index contributed by atoms with van der Waals surface area (Å²) in [4.78, 5) is 16.4. The molecule has 0 saturated carbocycles. The van der Waals surface area contributed by atoms with Crippen LogP contribution in [0.5, 0.6) is 0 Å². The number of rotatable bonds is 10. The predicted molar refractivity (Wildman–Crippen MR) is 111 cm³/mol. The molecule has 0 radical (unpaired) electrons. The van der Waals surface area contributed by atoms with Gasteiger partial charge in [0.25, 0.3) is 16.4 Å². The molecule has 0 saturated heterocycles. The zero-order valence-corrected chi connectivity index (χ0v) is 16.8. The number of sulfonamides is 1. The van der Waals surface area contributed by atoms with Gasteiger partial charge in [-0.3, -0.25) is 4.79 Å². The van der Waals surface area contributed by atoms with Crippen LogP contribution >= 0.6 is 11.3 Å². The minimum absolute atomic E-state index is 0. The van der Waals surface area contributed by atoms with E-state index in [4.69, 9.17) is 0 Å². The van der Waals surface area contributed by atoms with Gasteiger partial charge in [-0.2, -0.15) is 4.72 Å². The van der Waals surface area contributed by atoms with Crippen molar-refractivity contribution in [3.8, 4) is 0 Å². The van der Waals surface area contributed by atoms with E-state index in [2.05, 4.69) is 14.7 Å². The molecule has 0 bridgehead atoms. The standard InChI is InChI=1S/C18H18F2N2O5S2.CH4/c1-2-15(17(19)20)27-21-11-13-8-9-16(28-13)29(25,26)22-14(18(23)24)10-12-6-4-3-5-7-12;/h2-9,11,14,17,22H,10H2,1H3,(H,23,24);1H4/b15-2-,21-11+;. The fourth-order valence-electron chi connectivity index (χ4n) is 2.18. The number of nitrogens with one attached hydrogen (secondary N) is 1. The Labute approximate surface area is 177 Å². The van der Waals surface area contributed by atoms with Crippen LogP contribution in [0.2, 0.25) is 0 Å². The number of carboxylic acids is 1. The van der Waals surface area contributed by atoms with Gasteiger partial charge in [-0.15, -0.1) is 11.3 Å². The largest absolute Gasteiger partial charge is 0.480 e. The van der Waals surface area contributed by atoms with Gasteiger partial charge in [0.05, 0.1) is 11.1 Å². The van der Waals surface area contributed by atoms with Crippen LogP contribution < -0.4 is 4.72 Å². The van der Waals surface area contributed by atoms with Crippen molar-refractivity contribution in [2.24, 2.45) is 5.16 Å². The molecule has 0 aliphatic rings. The molecule has 1 heterocycles. The third-order valence-electron chi connectivity index (χ3n) is 3.58. The second kappa shape index (κ2) is 11.5. The lowest BCUT2D eigenvalue weighted by Gasteiger charge is -2.14. The molecule has 0 fully saturated rings. The van der Waals surface area contributed by atoms with E-state index in [-0.39, 0.29) is 18.1 Å². The highest BCUT2D eigenvalue weighted by molar-refractivity contribution is 7.91. The van der Waals surface area contributed by atoms with Crippen molar-refractivity contribution in [2.45, 2.75) is 37.4 Å². The molecule has 0 spiro atoms. The van der Waals surface area contributed by atoms with Gasteiger partial charge in [-0.05, 0) is 37.1 Å². The van der Waals surface area contributed by atoms with Crippen LogP contribution in [0.3, 0.4) is 0 Å². The van der Waals surface area contributed by atoms with E-state index < -0.39 is 34.2 Å². The average molecular weight is 461 g/mol. The lowest BCUT2D eigenvalue weighted by atomic mass is 10.1. The van der Waals surface area contributed by atoms with Gasteiger partial charge in [0.15, 0.2) is 5.76 Å². The number of alkyl halides is 2. The number of hydrogen-bond acceptors (Lipinski definition) is 6. The van der Waals surface area contributed by atoms with E-state index in [0.717, 1.165) is 23.6 Å². The number of benzene rings is 1. The van der Waals surface area contributed by atoms with Crippen LogP contribution in [-0.2, 0) is 26.1 Å². The maximum Gasteiger partial charge on any atom is 0.322 e. The second-order valence-electron chi connectivity index (χ2n) is 5.68. The number of carbonyl (C=O) groups is 1. The molecule has 1 aromatic heterocycles. The summed E-state index contributed by atoms with van der Waals surface area (Å²) in [6.07, 6.45) is -0.690. The van der Waals surface area contributed by atoms with E-state index in [1.165, 1.54) is 19.1 Å². The van der Waals surface area contributed by atoms with Gasteiger partial charge < -0.3 is 9.94 Å². The molecule has 0 amide bonds. The van der Waals surface area contributed by atoms with Gasteiger partial charge in [0.1, 0.15) is 10.3 Å². The summed E-state index contributed by atoms with van der Waals surface area (Å²) in [7, 11) is -4.11. The van der Waals surface area contributed by atoms with Gasteiger partial charge in [0, 0.05) is 0 Å². The topological polar surface area (TPSA) is 105 Å². The van der Waals surface area contributed by atoms with Crippen molar-refractivity contribution in [2.75, 3.05) is 0 Å². The average Bonchev–Trinajstić information content (AvgIpc) is 3.15. The van der Waals surface area contributed by atoms with Gasteiger partial charge >= 0.3 is 5.97 Å². The smallest absolute Gasteiger partial charge is 0.322 e. The Kier molecular flexibility index (Phi) is 9.76. The molecule has 30 heavy (non-hydrogen) atoms. The maximum atomic E-state index is 12.5. The lowest BCUT2D eigenvalue weighted by molar-refractivity contribution is -0.138. The zero-order valence-electron chi connectivity index (χ0n) is 15.2. The quantitative estimate of drug-likeness (QED) is 0.318. The molecule has 2 rings (SSSR count). The highest BCUT2D eigenvalue weighted by Crippen LogP contribution is 2.21. The normalized spacial score (nSPS) is 13.3. The van der Waals surface area contributed by atoms with Crippen molar-refractivity contribution in [3.05, 3.63) is 64.7 Å². The number of allylic oxidation sites excluding steroid dienone is 2. The molecule has 7 nitrogen and oxygen atoms in total. The van der Waals surface area contributed by atoms with Crippen LogP contribution in [0, 0.1) is 0 Å². The number of thiophene rings is 1. The fraction of sp³-hybridized carbons (Fsp3) is 0.263. The van der Waals surface area contributed by atoms with E-state index >= 15 is 0 Å². The molecule has 1 aromatic carbocycles. The SMILES string of the molecule is C.C/C=C(\O/N=C/c1ccc(S(=O)(=O)NC(Cc2ccccc2)C(=O)O)s1)C(F)F. The van der Waals surface area contributed by atoms with Gasteiger partial charge in [0.2, 0.25) is 0 Å². The Morgan fingerprint density at radius 1 is 1.27 bits per heavy atom. The maximum absolute atomic E-state index is 12.5. The first-order valence-corrected chi connectivity index (χ1v) is 10.6. The van der Waals surface area contributed by atoms with Crippen molar-refractivity contribution in [1.82, 2.24) is 4.72 Å². The summed E-state index contributed by atoms with van der Waals surface area (Å²) in [5.41, 5.74) is 0.664. The minimum Gasteiger partial charge on any atom is -0.480 e. The van der Waals surface area contributed by atoms with Crippen molar-refractivity contribution < 1.29 is 31.9 Å². The summed E-state index contributed by atoms with van der Waals surface area (Å²) in [5.74, 6) is -1.94. The summed E-state index contributed by atoms with van der Waals surface area (Å²) >= 11 is 0.788. The van der Waals surface area contributed by atoms with Crippen molar-refractivity contribution in [3.63, 3.8) is 0 Å². The predicted octanol–water partition coefficient (Wildman–Crippen LogP) is 3.88. The van der Waals surface area contributed by atoms with Crippen LogP contribution in [0.15, 0.2) is 63.7 Å². The minimum atomic E-state index is -4.11. The third kappa shape index (κ3) is 7.32. The third-order valence-corrected chi connectivity index (χ3v) is 6.57. The number of nitrogens with zero attached hydrogens (tertiary/aromatic N) is 1. The Morgan fingerprint density at radius 2 is 1.93 bits per heavy atom. The zero-order chi connectivity index (χ0) is 21.4. The summed E-state index contributed by atoms with van der Waals surface area (Å²) in [6.45, 7) is 1.37. The number of oxime groups is 1. The fourth-order valence-corrected chi connectivity index (χ4v) is 4.57. The Balaban J connectivity index is 0.00000450. The lowest BCUT2D eigenvalue weighted by Crippen LogP contribution is -2.42. The molecule has 2 aromatic rings. The van der Waals surface area contributed by atoms with E-state index in [1.54, 1.807) is 30.3 Å². The Morgan fingerprint density at radius 3 is 2.50 bits per heavy atom. The molecular weight excluding hydrogens is 438 g/mol. The second-order valence-corrected chi connectivity index (χ2v) is 8.73. The van der Waals surface area contributed by atoms with E-state index in [1.807, 2.05) is 0 Å². The van der Waals surface area contributed by atoms with E-state index in [9.17, 15) is 27.1 Å². The number of carboxylic acid groups (broad SMARTS) is 1. The van der Waals surface area contributed by atoms with Gasteiger partial charge in [-0.25, -0.2) is 17.2 Å². The number of aliphatic carboxylic acids is 1. The molecular formula is C19H22F2N2O5S2. The Bertz CT molecular complexity index is 989. The molecule has 1 atom stereocenters. The van der Waals surface area contributed by atoms with Crippen LogP contribution in [-0.4, -0.2) is 38.2 Å². The van der Waals surface area contributed by atoms with E-state index in [0.29, 0.717) is 10.4 Å². The summed E-state index contributed by atoms with van der Waals surface area (Å²) < 4.78 is 52.1. The number of halogens is 2. The molecule has 1 unspecified atom stereocenters. The van der Waals surface area contributed by atoms with Crippen molar-refractivity contribution in [1.29, 1.82) is 0 Å². The number of hydrogen-bond donors (Lipinski definition) is 2. The van der Waals surface area contributed by atoms with Crippen LogP contribution in [0.4, 0.5) is 8.78 Å². The van der Waals surface area contributed by atoms with Gasteiger partial charge in [-0.1, -0.05) is 42.9 Å². The molecule has 0 aliphatic heterocycles. The Hall–Kier alpha value is -2.63. The first-order chi connectivity index (χ1) is 13.7. The highest BCUT2D eigenvalue weighted by Gasteiger charge is 2.26. The molecule has 164 valence electrons.